The van der Waals surface area contributed by atoms with E-state index in [2.05, 4.69) is 52.8 Å². The Morgan fingerprint density at radius 1 is 1.20 bits per heavy atom. The SMILES string of the molecule is O=C(O)c1cccc(COc2c(Br)cc(Br)cc2Br)n1. The van der Waals surface area contributed by atoms with Gasteiger partial charge in [0.25, 0.3) is 0 Å². The van der Waals surface area contributed by atoms with Crippen LogP contribution in [-0.2, 0) is 6.61 Å². The molecular formula is C13H8Br3NO3. The van der Waals surface area contributed by atoms with Crippen LogP contribution in [0.1, 0.15) is 16.2 Å². The van der Waals surface area contributed by atoms with E-state index in [9.17, 15) is 4.79 Å². The van der Waals surface area contributed by atoms with Gasteiger partial charge in [-0.15, -0.1) is 0 Å². The average molecular weight is 466 g/mol. The molecule has 0 spiro atoms. The third-order valence-corrected chi connectivity index (χ3v) is 3.99. The molecular weight excluding hydrogens is 458 g/mol. The Kier molecular flexibility index (Phi) is 5.17. The molecule has 0 bridgehead atoms. The van der Waals surface area contributed by atoms with Gasteiger partial charge < -0.3 is 9.84 Å². The van der Waals surface area contributed by atoms with Crippen molar-refractivity contribution in [2.45, 2.75) is 6.61 Å². The summed E-state index contributed by atoms with van der Waals surface area (Å²) in [5, 5.41) is 8.89. The average Bonchev–Trinajstić information content (AvgIpc) is 2.37. The number of ether oxygens (including phenoxy) is 1. The fourth-order valence-corrected chi connectivity index (χ4v) is 3.98. The van der Waals surface area contributed by atoms with Gasteiger partial charge in [-0.2, -0.15) is 0 Å². The first-order valence-corrected chi connectivity index (χ1v) is 7.82. The minimum Gasteiger partial charge on any atom is -0.485 e. The molecule has 0 aliphatic heterocycles. The number of hydrogen-bond donors (Lipinski definition) is 1. The zero-order valence-corrected chi connectivity index (χ0v) is 14.7. The summed E-state index contributed by atoms with van der Waals surface area (Å²) < 4.78 is 8.16. The van der Waals surface area contributed by atoms with Crippen LogP contribution >= 0.6 is 47.8 Å². The number of carboxylic acid groups (broad SMARTS) is 1. The van der Waals surface area contributed by atoms with Crippen LogP contribution in [0.4, 0.5) is 0 Å². The molecule has 0 saturated carbocycles. The summed E-state index contributed by atoms with van der Waals surface area (Å²) in [5.74, 6) is -0.423. The van der Waals surface area contributed by atoms with Crippen molar-refractivity contribution in [2.75, 3.05) is 0 Å². The highest BCUT2D eigenvalue weighted by Gasteiger charge is 2.10. The molecule has 0 saturated heterocycles. The van der Waals surface area contributed by atoms with Crippen molar-refractivity contribution in [1.29, 1.82) is 0 Å². The highest BCUT2D eigenvalue weighted by molar-refractivity contribution is 9.11. The molecule has 0 aliphatic rings. The van der Waals surface area contributed by atoms with Crippen molar-refractivity contribution < 1.29 is 14.6 Å². The standard InChI is InChI=1S/C13H8Br3NO3/c14-7-4-9(15)12(10(16)5-7)20-6-8-2-1-3-11(17-8)13(18)19/h1-5H,6H2,(H,18,19). The van der Waals surface area contributed by atoms with Crippen molar-refractivity contribution in [3.8, 4) is 5.75 Å². The number of nitrogens with zero attached hydrogens (tertiary/aromatic N) is 1. The molecule has 1 aromatic carbocycles. The maximum Gasteiger partial charge on any atom is 0.354 e. The monoisotopic (exact) mass is 463 g/mol. The van der Waals surface area contributed by atoms with Gasteiger partial charge >= 0.3 is 5.97 Å². The predicted molar refractivity (Wildman–Crippen MR) is 85.1 cm³/mol. The third-order valence-electron chi connectivity index (χ3n) is 2.35. The molecule has 1 aromatic heterocycles. The number of carbonyl (C=O) groups is 1. The number of aromatic carboxylic acids is 1. The Bertz CT molecular complexity index is 638. The van der Waals surface area contributed by atoms with E-state index in [0.29, 0.717) is 11.4 Å². The lowest BCUT2D eigenvalue weighted by atomic mass is 10.3. The number of halogens is 3. The Labute approximate surface area is 140 Å². The zero-order valence-electron chi connectivity index (χ0n) is 9.94. The molecule has 4 nitrogen and oxygen atoms in total. The Balaban J connectivity index is 2.17. The van der Waals surface area contributed by atoms with Crippen LogP contribution in [0.15, 0.2) is 43.7 Å². The highest BCUT2D eigenvalue weighted by atomic mass is 79.9. The number of carboxylic acids is 1. The van der Waals surface area contributed by atoms with Gasteiger partial charge in [-0.25, -0.2) is 9.78 Å². The molecule has 0 fully saturated rings. The summed E-state index contributed by atoms with van der Waals surface area (Å²) in [5.41, 5.74) is 0.548. The molecule has 2 aromatic rings. The van der Waals surface area contributed by atoms with E-state index in [1.165, 1.54) is 6.07 Å². The summed E-state index contributed by atoms with van der Waals surface area (Å²) in [7, 11) is 0. The molecule has 0 amide bonds. The van der Waals surface area contributed by atoms with Gasteiger partial charge in [0.1, 0.15) is 18.1 Å². The molecule has 104 valence electrons. The summed E-state index contributed by atoms with van der Waals surface area (Å²) in [6, 6.07) is 8.52. The molecule has 0 atom stereocenters. The predicted octanol–water partition coefficient (Wildman–Crippen LogP) is 4.65. The van der Waals surface area contributed by atoms with Crippen LogP contribution in [0.3, 0.4) is 0 Å². The molecule has 0 unspecified atom stereocenters. The zero-order chi connectivity index (χ0) is 14.7. The second-order valence-electron chi connectivity index (χ2n) is 3.81. The van der Waals surface area contributed by atoms with Gasteiger partial charge in [0.05, 0.1) is 14.6 Å². The Morgan fingerprint density at radius 2 is 1.85 bits per heavy atom. The van der Waals surface area contributed by atoms with Crippen molar-refractivity contribution in [3.05, 3.63) is 55.1 Å². The fraction of sp³-hybridized carbons (Fsp3) is 0.0769. The van der Waals surface area contributed by atoms with Crippen LogP contribution in [-0.4, -0.2) is 16.1 Å². The Morgan fingerprint density at radius 3 is 2.45 bits per heavy atom. The van der Waals surface area contributed by atoms with E-state index >= 15 is 0 Å². The lowest BCUT2D eigenvalue weighted by Crippen LogP contribution is -2.05. The fourth-order valence-electron chi connectivity index (χ4n) is 1.49. The number of hydrogen-bond acceptors (Lipinski definition) is 3. The van der Waals surface area contributed by atoms with E-state index < -0.39 is 5.97 Å². The smallest absolute Gasteiger partial charge is 0.354 e. The van der Waals surface area contributed by atoms with Crippen molar-refractivity contribution >= 4 is 53.8 Å². The molecule has 1 heterocycles. The van der Waals surface area contributed by atoms with Crippen molar-refractivity contribution in [2.24, 2.45) is 0 Å². The lowest BCUT2D eigenvalue weighted by molar-refractivity contribution is 0.0690. The largest absolute Gasteiger partial charge is 0.485 e. The van der Waals surface area contributed by atoms with Gasteiger partial charge in [0.15, 0.2) is 0 Å². The quantitative estimate of drug-likeness (QED) is 0.714. The van der Waals surface area contributed by atoms with E-state index in [0.717, 1.165) is 13.4 Å². The second kappa shape index (κ2) is 6.69. The van der Waals surface area contributed by atoms with Gasteiger partial charge in [0, 0.05) is 4.47 Å². The second-order valence-corrected chi connectivity index (χ2v) is 6.43. The first-order chi connectivity index (χ1) is 9.47. The first kappa shape index (κ1) is 15.5. The molecule has 0 aliphatic carbocycles. The van der Waals surface area contributed by atoms with E-state index in [4.69, 9.17) is 9.84 Å². The summed E-state index contributed by atoms with van der Waals surface area (Å²) in [6.07, 6.45) is 0. The van der Waals surface area contributed by atoms with E-state index in [-0.39, 0.29) is 12.3 Å². The van der Waals surface area contributed by atoms with E-state index in [1.807, 2.05) is 12.1 Å². The Hall–Kier alpha value is -0.920. The van der Waals surface area contributed by atoms with Crippen molar-refractivity contribution in [3.63, 3.8) is 0 Å². The minimum absolute atomic E-state index is 0.0000347. The number of pyridine rings is 1. The van der Waals surface area contributed by atoms with Gasteiger partial charge in [-0.3, -0.25) is 0 Å². The van der Waals surface area contributed by atoms with Gasteiger partial charge in [0.2, 0.25) is 0 Å². The number of rotatable bonds is 4. The summed E-state index contributed by atoms with van der Waals surface area (Å²) >= 11 is 10.2. The molecule has 20 heavy (non-hydrogen) atoms. The summed E-state index contributed by atoms with van der Waals surface area (Å²) in [4.78, 5) is 14.8. The van der Waals surface area contributed by atoms with Crippen LogP contribution in [0.5, 0.6) is 5.75 Å². The maximum absolute atomic E-state index is 10.8. The number of aromatic nitrogens is 1. The number of benzene rings is 1. The highest BCUT2D eigenvalue weighted by Crippen LogP contribution is 2.36. The van der Waals surface area contributed by atoms with Gasteiger partial charge in [-0.05, 0) is 56.1 Å². The molecule has 0 radical (unpaired) electrons. The topological polar surface area (TPSA) is 59.4 Å². The third kappa shape index (κ3) is 3.80. The van der Waals surface area contributed by atoms with Crippen molar-refractivity contribution in [1.82, 2.24) is 4.98 Å². The van der Waals surface area contributed by atoms with Gasteiger partial charge in [-0.1, -0.05) is 22.0 Å². The molecule has 7 heteroatoms. The molecule has 2 rings (SSSR count). The van der Waals surface area contributed by atoms with Crippen LogP contribution in [0, 0.1) is 0 Å². The molecule has 1 N–H and O–H groups in total. The van der Waals surface area contributed by atoms with E-state index in [1.54, 1.807) is 12.1 Å². The van der Waals surface area contributed by atoms with Crippen LogP contribution < -0.4 is 4.74 Å². The summed E-state index contributed by atoms with van der Waals surface area (Å²) in [6.45, 7) is 0.181. The van der Waals surface area contributed by atoms with Crippen LogP contribution in [0.25, 0.3) is 0 Å². The lowest BCUT2D eigenvalue weighted by Gasteiger charge is -2.10. The normalized spacial score (nSPS) is 10.3. The van der Waals surface area contributed by atoms with Crippen LogP contribution in [0.2, 0.25) is 0 Å². The first-order valence-electron chi connectivity index (χ1n) is 5.44. The maximum atomic E-state index is 10.8. The minimum atomic E-state index is -1.06.